The summed E-state index contributed by atoms with van der Waals surface area (Å²) in [5, 5.41) is 15.8. The molecule has 0 unspecified atom stereocenters. The second kappa shape index (κ2) is 9.89. The number of nitrogens with one attached hydrogen (secondary N) is 4. The van der Waals surface area contributed by atoms with Gasteiger partial charge in [-0.1, -0.05) is 19.8 Å². The van der Waals surface area contributed by atoms with E-state index in [1.54, 1.807) is 13.3 Å². The van der Waals surface area contributed by atoms with Gasteiger partial charge >= 0.3 is 0 Å². The van der Waals surface area contributed by atoms with Gasteiger partial charge in [-0.3, -0.25) is 5.41 Å². The van der Waals surface area contributed by atoms with Gasteiger partial charge in [0.05, 0.1) is 13.3 Å². The number of hydrogen-bond acceptors (Lipinski definition) is 3. The highest BCUT2D eigenvalue weighted by Gasteiger charge is 2.03. The normalized spacial score (nSPS) is 10.5. The van der Waals surface area contributed by atoms with Gasteiger partial charge in [0.25, 0.3) is 0 Å². The van der Waals surface area contributed by atoms with Crippen LogP contribution in [0.5, 0.6) is 5.75 Å². The van der Waals surface area contributed by atoms with Gasteiger partial charge in [-0.15, -0.1) is 17.0 Å². The number of hydrogen-bond donors (Lipinski definition) is 4. The third-order valence-electron chi connectivity index (χ3n) is 3.38. The molecule has 0 saturated carbocycles. The fourth-order valence-corrected chi connectivity index (χ4v) is 2.15. The molecule has 126 valence electrons. The van der Waals surface area contributed by atoms with Crippen LogP contribution >= 0.6 is 17.0 Å². The minimum atomic E-state index is 0. The quantitative estimate of drug-likeness (QED) is 0.256. The SMILES string of the molecule is Br.CCCCCNC(=N)N/N=C/c1c[nH]c2ccc(OC)cc12. The summed E-state index contributed by atoms with van der Waals surface area (Å²) in [6, 6.07) is 5.84. The maximum atomic E-state index is 7.72. The molecule has 1 aromatic carbocycles. The van der Waals surface area contributed by atoms with E-state index in [9.17, 15) is 0 Å². The lowest BCUT2D eigenvalue weighted by Gasteiger charge is -2.05. The highest BCUT2D eigenvalue weighted by atomic mass is 79.9. The zero-order chi connectivity index (χ0) is 15.8. The van der Waals surface area contributed by atoms with Crippen molar-refractivity contribution in [2.24, 2.45) is 5.10 Å². The first-order valence-corrected chi connectivity index (χ1v) is 7.51. The number of methoxy groups -OCH3 is 1. The first kappa shape index (κ1) is 19.0. The van der Waals surface area contributed by atoms with Crippen LogP contribution in [0.2, 0.25) is 0 Å². The highest BCUT2D eigenvalue weighted by molar-refractivity contribution is 8.93. The number of fused-ring (bicyclic) bond motifs is 1. The fraction of sp³-hybridized carbons (Fsp3) is 0.375. The van der Waals surface area contributed by atoms with Crippen LogP contribution in [0.25, 0.3) is 10.9 Å². The number of aromatic amines is 1. The molecule has 1 aromatic heterocycles. The summed E-state index contributed by atoms with van der Waals surface area (Å²) in [6.07, 6.45) is 6.98. The van der Waals surface area contributed by atoms with E-state index >= 15 is 0 Å². The van der Waals surface area contributed by atoms with E-state index in [-0.39, 0.29) is 22.9 Å². The minimum absolute atomic E-state index is 0. The van der Waals surface area contributed by atoms with Crippen LogP contribution in [0.15, 0.2) is 29.5 Å². The Kier molecular flexibility index (Phi) is 8.18. The van der Waals surface area contributed by atoms with Crippen molar-refractivity contribution < 1.29 is 4.74 Å². The van der Waals surface area contributed by atoms with Crippen LogP contribution in [0.1, 0.15) is 31.7 Å². The first-order chi connectivity index (χ1) is 10.7. The van der Waals surface area contributed by atoms with Gasteiger partial charge in [0.15, 0.2) is 0 Å². The number of guanidine groups is 1. The first-order valence-electron chi connectivity index (χ1n) is 7.51. The Balaban J connectivity index is 0.00000264. The summed E-state index contributed by atoms with van der Waals surface area (Å²) in [4.78, 5) is 3.18. The van der Waals surface area contributed by atoms with Crippen molar-refractivity contribution in [2.75, 3.05) is 13.7 Å². The lowest BCUT2D eigenvalue weighted by Crippen LogP contribution is -2.33. The summed E-state index contributed by atoms with van der Waals surface area (Å²) in [5.74, 6) is 1.02. The summed E-state index contributed by atoms with van der Waals surface area (Å²) >= 11 is 0. The molecule has 0 atom stereocenters. The Morgan fingerprint density at radius 3 is 2.96 bits per heavy atom. The number of ether oxygens (including phenoxy) is 1. The Bertz CT molecular complexity index is 653. The number of halogens is 1. The molecule has 0 aliphatic carbocycles. The van der Waals surface area contributed by atoms with Crippen LogP contribution < -0.4 is 15.5 Å². The van der Waals surface area contributed by atoms with Crippen LogP contribution in [-0.2, 0) is 0 Å². The minimum Gasteiger partial charge on any atom is -0.497 e. The van der Waals surface area contributed by atoms with Crippen LogP contribution in [0.4, 0.5) is 0 Å². The summed E-state index contributed by atoms with van der Waals surface area (Å²) < 4.78 is 5.24. The van der Waals surface area contributed by atoms with Gasteiger partial charge in [0.1, 0.15) is 5.75 Å². The monoisotopic (exact) mass is 381 g/mol. The van der Waals surface area contributed by atoms with E-state index in [0.717, 1.165) is 35.2 Å². The molecular formula is C16H24BrN5O. The largest absolute Gasteiger partial charge is 0.497 e. The number of nitrogens with zero attached hydrogens (tertiary/aromatic N) is 1. The van der Waals surface area contributed by atoms with Crippen LogP contribution in [0.3, 0.4) is 0 Å². The molecule has 1 heterocycles. The second-order valence-corrected chi connectivity index (χ2v) is 5.03. The molecular weight excluding hydrogens is 358 g/mol. The lowest BCUT2D eigenvalue weighted by molar-refractivity contribution is 0.415. The van der Waals surface area contributed by atoms with Crippen LogP contribution in [-0.4, -0.2) is 30.8 Å². The Morgan fingerprint density at radius 1 is 1.39 bits per heavy atom. The summed E-state index contributed by atoms with van der Waals surface area (Å²) in [5.41, 5.74) is 4.66. The van der Waals surface area contributed by atoms with E-state index < -0.39 is 0 Å². The van der Waals surface area contributed by atoms with Crippen molar-refractivity contribution in [3.8, 4) is 5.75 Å². The molecule has 2 rings (SSSR count). The van der Waals surface area contributed by atoms with Crippen molar-refractivity contribution >= 4 is 40.1 Å². The number of aromatic nitrogens is 1. The molecule has 0 aliphatic rings. The molecule has 4 N–H and O–H groups in total. The fourth-order valence-electron chi connectivity index (χ4n) is 2.15. The third kappa shape index (κ3) is 5.59. The van der Waals surface area contributed by atoms with Gasteiger partial charge in [-0.05, 0) is 24.6 Å². The lowest BCUT2D eigenvalue weighted by atomic mass is 10.2. The molecule has 0 aliphatic heterocycles. The average molecular weight is 382 g/mol. The number of benzene rings is 1. The maximum Gasteiger partial charge on any atom is 0.209 e. The zero-order valence-corrected chi connectivity index (χ0v) is 15.2. The predicted molar refractivity (Wildman–Crippen MR) is 101 cm³/mol. The molecule has 0 saturated heterocycles. The van der Waals surface area contributed by atoms with Crippen molar-refractivity contribution in [1.82, 2.24) is 15.7 Å². The second-order valence-electron chi connectivity index (χ2n) is 5.03. The molecule has 0 fully saturated rings. The van der Waals surface area contributed by atoms with E-state index in [1.807, 2.05) is 24.4 Å². The topological polar surface area (TPSA) is 85.3 Å². The van der Waals surface area contributed by atoms with Gasteiger partial charge in [-0.2, -0.15) is 5.10 Å². The molecule has 0 spiro atoms. The number of H-pyrrole nitrogens is 1. The molecule has 2 aromatic rings. The van der Waals surface area contributed by atoms with Crippen molar-refractivity contribution in [3.63, 3.8) is 0 Å². The number of unbranched alkanes of at least 4 members (excludes halogenated alkanes) is 2. The summed E-state index contributed by atoms with van der Waals surface area (Å²) in [6.45, 7) is 2.95. The maximum absolute atomic E-state index is 7.72. The van der Waals surface area contributed by atoms with E-state index in [0.29, 0.717) is 0 Å². The van der Waals surface area contributed by atoms with Crippen molar-refractivity contribution in [1.29, 1.82) is 5.41 Å². The average Bonchev–Trinajstić information content (AvgIpc) is 2.94. The Labute approximate surface area is 147 Å². The van der Waals surface area contributed by atoms with Gasteiger partial charge < -0.3 is 15.0 Å². The standard InChI is InChI=1S/C16H23N5O.BrH/c1-3-4-5-8-18-16(17)21-20-11-12-10-19-15-7-6-13(22-2)9-14(12)15;/h6-7,9-11,19H,3-5,8H2,1-2H3,(H3,17,18,21);1H/b20-11+;. The zero-order valence-electron chi connectivity index (χ0n) is 13.5. The molecule has 0 amide bonds. The molecule has 0 radical (unpaired) electrons. The molecule has 23 heavy (non-hydrogen) atoms. The smallest absolute Gasteiger partial charge is 0.209 e. The van der Waals surface area contributed by atoms with Crippen molar-refractivity contribution in [3.05, 3.63) is 30.0 Å². The predicted octanol–water partition coefficient (Wildman–Crippen LogP) is 3.39. The number of rotatable bonds is 7. The Hall–Kier alpha value is -2.02. The summed E-state index contributed by atoms with van der Waals surface area (Å²) in [7, 11) is 1.65. The number of hydrazone groups is 1. The van der Waals surface area contributed by atoms with Gasteiger partial charge in [0.2, 0.25) is 5.96 Å². The van der Waals surface area contributed by atoms with Crippen molar-refractivity contribution in [2.45, 2.75) is 26.2 Å². The van der Waals surface area contributed by atoms with E-state index in [1.165, 1.54) is 12.8 Å². The van der Waals surface area contributed by atoms with E-state index in [4.69, 9.17) is 10.1 Å². The molecule has 7 heteroatoms. The van der Waals surface area contributed by atoms with E-state index in [2.05, 4.69) is 27.8 Å². The van der Waals surface area contributed by atoms with Gasteiger partial charge in [-0.25, -0.2) is 5.43 Å². The Morgan fingerprint density at radius 2 is 2.22 bits per heavy atom. The third-order valence-corrected chi connectivity index (χ3v) is 3.38. The van der Waals surface area contributed by atoms with Gasteiger partial charge in [0, 0.05) is 29.2 Å². The molecule has 6 nitrogen and oxygen atoms in total. The highest BCUT2D eigenvalue weighted by Crippen LogP contribution is 2.22. The van der Waals surface area contributed by atoms with Crippen LogP contribution in [0, 0.1) is 5.41 Å². The molecule has 0 bridgehead atoms.